The molecular weight excluding hydrogens is 462 g/mol. The van der Waals surface area contributed by atoms with Gasteiger partial charge in [-0.1, -0.05) is 59.3 Å². The van der Waals surface area contributed by atoms with E-state index in [4.69, 9.17) is 21.3 Å². The number of fused-ring (bicyclic) bond motifs is 1. The van der Waals surface area contributed by atoms with Crippen molar-refractivity contribution in [2.45, 2.75) is 13.0 Å². The molecule has 1 atom stereocenters. The normalized spacial score (nSPS) is 15.8. The van der Waals surface area contributed by atoms with Crippen LogP contribution in [0.4, 0.5) is 0 Å². The van der Waals surface area contributed by atoms with Crippen LogP contribution in [0.5, 0.6) is 5.88 Å². The van der Waals surface area contributed by atoms with E-state index in [9.17, 15) is 4.79 Å². The number of hydrogen-bond donors (Lipinski definition) is 0. The average molecular weight is 480 g/mol. The molecule has 4 aromatic rings. The van der Waals surface area contributed by atoms with E-state index in [1.54, 1.807) is 22.0 Å². The molecule has 0 spiro atoms. The van der Waals surface area contributed by atoms with E-state index in [2.05, 4.69) is 4.98 Å². The quantitative estimate of drug-likeness (QED) is 0.396. The van der Waals surface area contributed by atoms with Crippen molar-refractivity contribution in [2.24, 2.45) is 4.99 Å². The predicted octanol–water partition coefficient (Wildman–Crippen LogP) is 4.51. The van der Waals surface area contributed by atoms with Gasteiger partial charge in [-0.25, -0.2) is 9.98 Å². The molecule has 160 valence electrons. The molecule has 0 radical (unpaired) electrons. The van der Waals surface area contributed by atoms with E-state index in [0.717, 1.165) is 21.7 Å². The topological polar surface area (TPSA) is 56.5 Å². The number of benzene rings is 1. The molecule has 32 heavy (non-hydrogen) atoms. The highest BCUT2D eigenvalue weighted by molar-refractivity contribution is 7.10. The molecule has 1 unspecified atom stereocenters. The van der Waals surface area contributed by atoms with Gasteiger partial charge in [-0.3, -0.25) is 9.36 Å². The number of rotatable bonds is 5. The Morgan fingerprint density at radius 2 is 2.03 bits per heavy atom. The summed E-state index contributed by atoms with van der Waals surface area (Å²) in [6, 6.07) is 17.2. The molecule has 0 N–H and O–H groups in total. The monoisotopic (exact) mass is 479 g/mol. The fourth-order valence-electron chi connectivity index (χ4n) is 3.55. The summed E-state index contributed by atoms with van der Waals surface area (Å²) < 4.78 is 7.97. The van der Waals surface area contributed by atoms with E-state index in [0.29, 0.717) is 27.0 Å². The Hall–Kier alpha value is -3.00. The maximum absolute atomic E-state index is 13.4. The van der Waals surface area contributed by atoms with Gasteiger partial charge >= 0.3 is 0 Å². The highest BCUT2D eigenvalue weighted by atomic mass is 35.5. The molecule has 0 saturated carbocycles. The Morgan fingerprint density at radius 1 is 1.19 bits per heavy atom. The van der Waals surface area contributed by atoms with Gasteiger partial charge in [-0.2, -0.15) is 0 Å². The minimum absolute atomic E-state index is 0.0472. The number of halogens is 1. The Balaban J connectivity index is 1.71. The molecule has 0 bridgehead atoms. The molecule has 4 heterocycles. The third-order valence-electron chi connectivity index (χ3n) is 4.94. The molecule has 1 aliphatic rings. The Morgan fingerprint density at radius 3 is 2.78 bits per heavy atom. The van der Waals surface area contributed by atoms with Crippen molar-refractivity contribution in [2.75, 3.05) is 6.61 Å². The fraction of sp³-hybridized carbons (Fsp3) is 0.125. The molecule has 5 nitrogen and oxygen atoms in total. The number of pyridine rings is 1. The maximum atomic E-state index is 13.4. The fourth-order valence-corrected chi connectivity index (χ4v) is 5.55. The van der Waals surface area contributed by atoms with Crippen molar-refractivity contribution in [1.29, 1.82) is 0 Å². The van der Waals surface area contributed by atoms with Gasteiger partial charge < -0.3 is 4.74 Å². The number of hydrogen-bond acceptors (Lipinski definition) is 6. The van der Waals surface area contributed by atoms with Gasteiger partial charge in [0.1, 0.15) is 5.15 Å². The van der Waals surface area contributed by atoms with Crippen LogP contribution in [0.25, 0.3) is 11.8 Å². The van der Waals surface area contributed by atoms with Crippen molar-refractivity contribution in [3.8, 4) is 5.88 Å². The highest BCUT2D eigenvalue weighted by Crippen LogP contribution is 2.31. The number of nitrogens with zero attached hydrogens (tertiary/aromatic N) is 3. The molecule has 0 aliphatic carbocycles. The largest absolute Gasteiger partial charge is 0.478 e. The molecule has 0 amide bonds. The number of aromatic nitrogens is 2. The average Bonchev–Trinajstić information content (AvgIpc) is 3.43. The zero-order valence-corrected chi connectivity index (χ0v) is 19.5. The second-order valence-electron chi connectivity index (χ2n) is 7.05. The number of thiophene rings is 1. The summed E-state index contributed by atoms with van der Waals surface area (Å²) in [5.74, 6) is 0.450. The van der Waals surface area contributed by atoms with Crippen LogP contribution in [0, 0.1) is 0 Å². The molecule has 5 rings (SSSR count). The predicted molar refractivity (Wildman–Crippen MR) is 130 cm³/mol. The molecule has 1 aliphatic heterocycles. The second-order valence-corrected chi connectivity index (χ2v) is 9.43. The first kappa shape index (κ1) is 20.9. The Bertz CT molecular complexity index is 1470. The standard InChI is InChI=1S/C24H18ClN3O2S2/c1-2-30-22-13-16(12-21(25)27-22)17-14-18(19-9-6-10-31-19)28-23(29)20(32-24(28)26-17)11-15-7-4-3-5-8-15/h3-14,18H,2H2,1H3/b20-11+. The molecule has 8 heteroatoms. The lowest BCUT2D eigenvalue weighted by molar-refractivity contribution is 0.327. The van der Waals surface area contributed by atoms with E-state index in [1.165, 1.54) is 11.3 Å². The first-order valence-corrected chi connectivity index (χ1v) is 12.1. The third-order valence-corrected chi connectivity index (χ3v) is 7.06. The van der Waals surface area contributed by atoms with Gasteiger partial charge in [-0.05, 0) is 42.2 Å². The van der Waals surface area contributed by atoms with Gasteiger partial charge in [0.15, 0.2) is 4.80 Å². The Kier molecular flexibility index (Phi) is 5.78. The van der Waals surface area contributed by atoms with Crippen LogP contribution >= 0.6 is 34.3 Å². The van der Waals surface area contributed by atoms with Crippen LogP contribution in [0.15, 0.2) is 75.8 Å². The summed E-state index contributed by atoms with van der Waals surface area (Å²) in [4.78, 5) is 24.1. The van der Waals surface area contributed by atoms with Crippen LogP contribution in [0.1, 0.15) is 29.0 Å². The summed E-state index contributed by atoms with van der Waals surface area (Å²) in [7, 11) is 0. The maximum Gasteiger partial charge on any atom is 0.271 e. The summed E-state index contributed by atoms with van der Waals surface area (Å²) in [6.45, 7) is 2.39. The summed E-state index contributed by atoms with van der Waals surface area (Å²) in [5, 5.41) is 2.35. The molecule has 0 fully saturated rings. The van der Waals surface area contributed by atoms with E-state index in [-0.39, 0.29) is 11.6 Å². The highest BCUT2D eigenvalue weighted by Gasteiger charge is 2.23. The second kappa shape index (κ2) is 8.86. The minimum atomic E-state index is -0.248. The van der Waals surface area contributed by atoms with Crippen LogP contribution in [0.2, 0.25) is 5.15 Å². The van der Waals surface area contributed by atoms with Crippen LogP contribution in [-0.2, 0) is 0 Å². The first-order chi connectivity index (χ1) is 15.6. The SMILES string of the molecule is CCOc1cc(C2=CC(c3cccs3)n3c(s/c(=C/c4ccccc4)c3=O)=N2)cc(Cl)n1. The number of ether oxygens (including phenoxy) is 1. The van der Waals surface area contributed by atoms with Crippen molar-refractivity contribution in [3.05, 3.63) is 107 Å². The van der Waals surface area contributed by atoms with Crippen LogP contribution < -0.4 is 19.6 Å². The van der Waals surface area contributed by atoms with Crippen molar-refractivity contribution in [3.63, 3.8) is 0 Å². The van der Waals surface area contributed by atoms with Crippen molar-refractivity contribution in [1.82, 2.24) is 9.55 Å². The summed E-state index contributed by atoms with van der Waals surface area (Å²) >= 11 is 9.24. The lowest BCUT2D eigenvalue weighted by Gasteiger charge is -2.18. The molecule has 3 aromatic heterocycles. The third kappa shape index (κ3) is 4.07. The number of allylic oxidation sites excluding steroid dienone is 1. The van der Waals surface area contributed by atoms with Gasteiger partial charge in [-0.15, -0.1) is 11.3 Å². The lowest BCUT2D eigenvalue weighted by Crippen LogP contribution is -2.35. The number of thiazole rings is 1. The molecular formula is C24H18ClN3O2S2. The van der Waals surface area contributed by atoms with Gasteiger partial charge in [0.05, 0.1) is 22.9 Å². The van der Waals surface area contributed by atoms with E-state index in [1.807, 2.05) is 73.0 Å². The molecule has 1 aromatic carbocycles. The van der Waals surface area contributed by atoms with Crippen molar-refractivity contribution < 1.29 is 4.74 Å². The molecule has 0 saturated heterocycles. The van der Waals surface area contributed by atoms with Gasteiger partial charge in [0.25, 0.3) is 5.56 Å². The summed E-state index contributed by atoms with van der Waals surface area (Å²) in [6.07, 6.45) is 3.91. The minimum Gasteiger partial charge on any atom is -0.478 e. The van der Waals surface area contributed by atoms with Gasteiger partial charge in [0.2, 0.25) is 5.88 Å². The lowest BCUT2D eigenvalue weighted by atomic mass is 10.1. The van der Waals surface area contributed by atoms with E-state index < -0.39 is 0 Å². The van der Waals surface area contributed by atoms with Gasteiger partial charge in [0, 0.05) is 16.5 Å². The smallest absolute Gasteiger partial charge is 0.271 e. The van der Waals surface area contributed by atoms with Crippen LogP contribution in [-0.4, -0.2) is 16.2 Å². The van der Waals surface area contributed by atoms with Crippen molar-refractivity contribution >= 4 is 46.0 Å². The summed E-state index contributed by atoms with van der Waals surface area (Å²) in [5.41, 5.74) is 2.47. The first-order valence-electron chi connectivity index (χ1n) is 10.0. The van der Waals surface area contributed by atoms with Crippen LogP contribution in [0.3, 0.4) is 0 Å². The zero-order chi connectivity index (χ0) is 22.1. The van der Waals surface area contributed by atoms with E-state index >= 15 is 0 Å². The zero-order valence-electron chi connectivity index (χ0n) is 17.1. The Labute approximate surface area is 197 Å².